The quantitative estimate of drug-likeness (QED) is 0.666. The van der Waals surface area contributed by atoms with Crippen LogP contribution in [-0.2, 0) is 11.3 Å². The Hall–Kier alpha value is -2.66. The second-order valence-corrected chi connectivity index (χ2v) is 7.52. The van der Waals surface area contributed by atoms with Gasteiger partial charge in [0.25, 0.3) is 0 Å². The maximum absolute atomic E-state index is 12.4. The van der Waals surface area contributed by atoms with E-state index in [4.69, 9.17) is 16.1 Å². The van der Waals surface area contributed by atoms with Crippen LogP contribution in [0.25, 0.3) is 11.4 Å². The molecule has 2 heterocycles. The predicted molar refractivity (Wildman–Crippen MR) is 103 cm³/mol. The summed E-state index contributed by atoms with van der Waals surface area (Å²) in [6.07, 6.45) is 0.384. The van der Waals surface area contributed by atoms with Crippen molar-refractivity contribution in [1.82, 2.24) is 15.0 Å². The SMILES string of the molecule is Cc1ccc(C)c(-c2noc(C3CC(=O)N(Cc4cccc(Cl)c4)C3)n2)c1. The lowest BCUT2D eigenvalue weighted by Crippen LogP contribution is -2.24. The van der Waals surface area contributed by atoms with Gasteiger partial charge in [-0.15, -0.1) is 0 Å². The number of hydrogen-bond acceptors (Lipinski definition) is 4. The number of benzene rings is 2. The largest absolute Gasteiger partial charge is 0.339 e. The summed E-state index contributed by atoms with van der Waals surface area (Å²) in [7, 11) is 0. The van der Waals surface area contributed by atoms with Crippen LogP contribution in [0.3, 0.4) is 0 Å². The highest BCUT2D eigenvalue weighted by Gasteiger charge is 2.34. The molecule has 0 spiro atoms. The molecule has 138 valence electrons. The van der Waals surface area contributed by atoms with Gasteiger partial charge in [0.2, 0.25) is 17.6 Å². The first-order valence-corrected chi connectivity index (χ1v) is 9.31. The number of carbonyl (C=O) groups is 1. The Morgan fingerprint density at radius 2 is 2.07 bits per heavy atom. The van der Waals surface area contributed by atoms with Crippen molar-refractivity contribution in [3.8, 4) is 11.4 Å². The molecule has 0 N–H and O–H groups in total. The zero-order chi connectivity index (χ0) is 19.0. The maximum Gasteiger partial charge on any atom is 0.232 e. The van der Waals surface area contributed by atoms with Crippen molar-refractivity contribution in [3.05, 3.63) is 70.1 Å². The van der Waals surface area contributed by atoms with E-state index in [1.54, 1.807) is 0 Å². The Labute approximate surface area is 163 Å². The molecule has 4 rings (SSSR count). The van der Waals surface area contributed by atoms with Crippen molar-refractivity contribution in [2.75, 3.05) is 6.54 Å². The summed E-state index contributed by atoms with van der Waals surface area (Å²) in [5.41, 5.74) is 4.21. The molecule has 6 heteroatoms. The summed E-state index contributed by atoms with van der Waals surface area (Å²) in [6, 6.07) is 13.7. The van der Waals surface area contributed by atoms with Crippen LogP contribution in [0.15, 0.2) is 47.0 Å². The van der Waals surface area contributed by atoms with Gasteiger partial charge in [0.1, 0.15) is 0 Å². The first kappa shape index (κ1) is 17.7. The summed E-state index contributed by atoms with van der Waals surface area (Å²) in [4.78, 5) is 18.8. The van der Waals surface area contributed by atoms with Gasteiger partial charge in [-0.3, -0.25) is 4.79 Å². The third-order valence-electron chi connectivity index (χ3n) is 4.90. The molecule has 3 aromatic rings. The van der Waals surface area contributed by atoms with Gasteiger partial charge in [-0.1, -0.05) is 46.6 Å². The fourth-order valence-electron chi connectivity index (χ4n) is 3.43. The van der Waals surface area contributed by atoms with Gasteiger partial charge < -0.3 is 9.42 Å². The van der Waals surface area contributed by atoms with E-state index >= 15 is 0 Å². The number of hydrogen-bond donors (Lipinski definition) is 0. The van der Waals surface area contributed by atoms with Crippen molar-refractivity contribution in [3.63, 3.8) is 0 Å². The molecule has 0 aliphatic carbocycles. The van der Waals surface area contributed by atoms with E-state index in [1.807, 2.05) is 49.1 Å². The van der Waals surface area contributed by atoms with E-state index in [-0.39, 0.29) is 11.8 Å². The number of nitrogens with zero attached hydrogens (tertiary/aromatic N) is 3. The van der Waals surface area contributed by atoms with E-state index in [1.165, 1.54) is 0 Å². The van der Waals surface area contributed by atoms with Gasteiger partial charge in [0.05, 0.1) is 5.92 Å². The maximum atomic E-state index is 12.4. The molecule has 27 heavy (non-hydrogen) atoms. The summed E-state index contributed by atoms with van der Waals surface area (Å²) >= 11 is 6.04. The second-order valence-electron chi connectivity index (χ2n) is 7.08. The van der Waals surface area contributed by atoms with Crippen LogP contribution in [0.1, 0.15) is 34.9 Å². The van der Waals surface area contributed by atoms with Crippen molar-refractivity contribution in [2.24, 2.45) is 0 Å². The Bertz CT molecular complexity index is 999. The lowest BCUT2D eigenvalue weighted by Gasteiger charge is -2.16. The summed E-state index contributed by atoms with van der Waals surface area (Å²) in [6.45, 7) is 5.16. The fourth-order valence-corrected chi connectivity index (χ4v) is 3.65. The van der Waals surface area contributed by atoms with E-state index in [0.29, 0.717) is 36.2 Å². The van der Waals surface area contributed by atoms with Crippen LogP contribution in [0.4, 0.5) is 0 Å². The minimum atomic E-state index is -0.0805. The monoisotopic (exact) mass is 381 g/mol. The molecule has 1 aliphatic heterocycles. The van der Waals surface area contributed by atoms with Crippen LogP contribution in [0.5, 0.6) is 0 Å². The van der Waals surface area contributed by atoms with Gasteiger partial charge in [-0.25, -0.2) is 0 Å². The molecule has 1 aliphatic rings. The Kier molecular flexibility index (Phi) is 4.70. The number of amides is 1. The van der Waals surface area contributed by atoms with Gasteiger partial charge in [0.15, 0.2) is 0 Å². The minimum Gasteiger partial charge on any atom is -0.339 e. The van der Waals surface area contributed by atoms with Gasteiger partial charge in [0, 0.05) is 30.1 Å². The molecule has 5 nitrogen and oxygen atoms in total. The van der Waals surface area contributed by atoms with E-state index in [2.05, 4.69) is 22.3 Å². The van der Waals surface area contributed by atoms with E-state index < -0.39 is 0 Å². The summed E-state index contributed by atoms with van der Waals surface area (Å²) in [5.74, 6) is 1.11. The second kappa shape index (κ2) is 7.16. The average molecular weight is 382 g/mol. The molecule has 1 amide bonds. The van der Waals surface area contributed by atoms with Crippen LogP contribution in [-0.4, -0.2) is 27.5 Å². The van der Waals surface area contributed by atoms with Crippen molar-refractivity contribution in [2.45, 2.75) is 32.7 Å². The number of aryl methyl sites for hydroxylation is 2. The molecular weight excluding hydrogens is 362 g/mol. The number of halogens is 1. The van der Waals surface area contributed by atoms with Crippen LogP contribution in [0.2, 0.25) is 5.02 Å². The predicted octanol–water partition coefficient (Wildman–Crippen LogP) is 4.52. The number of aromatic nitrogens is 2. The molecule has 2 aromatic carbocycles. The zero-order valence-corrected chi connectivity index (χ0v) is 16.0. The van der Waals surface area contributed by atoms with Crippen LogP contribution < -0.4 is 0 Å². The summed E-state index contributed by atoms with van der Waals surface area (Å²) in [5, 5.41) is 4.82. The average Bonchev–Trinajstić information content (AvgIpc) is 3.25. The highest BCUT2D eigenvalue weighted by Crippen LogP contribution is 2.30. The van der Waals surface area contributed by atoms with Gasteiger partial charge in [-0.05, 0) is 43.2 Å². The first-order valence-electron chi connectivity index (χ1n) is 8.93. The molecule has 0 radical (unpaired) electrons. The minimum absolute atomic E-state index is 0.0805. The Morgan fingerprint density at radius 3 is 2.89 bits per heavy atom. The van der Waals surface area contributed by atoms with Crippen molar-refractivity contribution in [1.29, 1.82) is 0 Å². The van der Waals surface area contributed by atoms with Crippen molar-refractivity contribution >= 4 is 17.5 Å². The molecule has 1 fully saturated rings. The topological polar surface area (TPSA) is 59.2 Å². The number of carbonyl (C=O) groups excluding carboxylic acids is 1. The third-order valence-corrected chi connectivity index (χ3v) is 5.14. The molecule has 1 saturated heterocycles. The highest BCUT2D eigenvalue weighted by molar-refractivity contribution is 6.30. The lowest BCUT2D eigenvalue weighted by atomic mass is 10.1. The molecular formula is C21H20ClN3O2. The Morgan fingerprint density at radius 1 is 1.22 bits per heavy atom. The first-order chi connectivity index (χ1) is 13.0. The summed E-state index contributed by atoms with van der Waals surface area (Å²) < 4.78 is 5.50. The van der Waals surface area contributed by atoms with Crippen LogP contribution >= 0.6 is 11.6 Å². The van der Waals surface area contributed by atoms with E-state index in [0.717, 1.165) is 22.3 Å². The standard InChI is InChI=1S/C21H20ClN3O2/c1-13-6-7-14(2)18(8-13)20-23-21(27-24-20)16-10-19(26)25(12-16)11-15-4-3-5-17(22)9-15/h3-9,16H,10-12H2,1-2H3. The third kappa shape index (κ3) is 3.74. The van der Waals surface area contributed by atoms with Gasteiger partial charge in [-0.2, -0.15) is 4.98 Å². The van der Waals surface area contributed by atoms with Gasteiger partial charge >= 0.3 is 0 Å². The smallest absolute Gasteiger partial charge is 0.232 e. The highest BCUT2D eigenvalue weighted by atomic mass is 35.5. The van der Waals surface area contributed by atoms with Crippen molar-refractivity contribution < 1.29 is 9.32 Å². The number of likely N-dealkylation sites (tertiary alicyclic amines) is 1. The molecule has 1 aromatic heterocycles. The molecule has 1 atom stereocenters. The fraction of sp³-hybridized carbons (Fsp3) is 0.286. The molecule has 1 unspecified atom stereocenters. The molecule has 0 saturated carbocycles. The zero-order valence-electron chi connectivity index (χ0n) is 15.3. The molecule has 0 bridgehead atoms. The normalized spacial score (nSPS) is 16.9. The lowest BCUT2D eigenvalue weighted by molar-refractivity contribution is -0.128. The van der Waals surface area contributed by atoms with E-state index in [9.17, 15) is 4.79 Å². The number of rotatable bonds is 4. The Balaban J connectivity index is 1.51. The van der Waals surface area contributed by atoms with Crippen LogP contribution in [0, 0.1) is 13.8 Å².